The van der Waals surface area contributed by atoms with E-state index in [9.17, 15) is 0 Å². The Morgan fingerprint density at radius 2 is 2.38 bits per heavy atom. The summed E-state index contributed by atoms with van der Waals surface area (Å²) in [6, 6.07) is 1.81. The first-order chi connectivity index (χ1) is 7.69. The largest absolute Gasteiger partial charge is 0.396 e. The maximum atomic E-state index is 8.91. The van der Waals surface area contributed by atoms with Crippen molar-refractivity contribution in [1.82, 2.24) is 9.97 Å². The monoisotopic (exact) mass is 222 g/mol. The van der Waals surface area contributed by atoms with Crippen molar-refractivity contribution in [2.45, 2.75) is 19.8 Å². The van der Waals surface area contributed by atoms with Crippen LogP contribution in [0.2, 0.25) is 0 Å². The van der Waals surface area contributed by atoms with E-state index in [1.807, 2.05) is 13.0 Å². The molecule has 1 fully saturated rings. The number of aryl methyl sites for hydroxylation is 1. The van der Waals surface area contributed by atoms with Gasteiger partial charge in [0.15, 0.2) is 0 Å². The molecule has 88 valence electrons. The van der Waals surface area contributed by atoms with Crippen LogP contribution in [0.5, 0.6) is 0 Å². The lowest BCUT2D eigenvalue weighted by Gasteiger charge is -2.17. The van der Waals surface area contributed by atoms with E-state index < -0.39 is 0 Å². The Morgan fingerprint density at radius 1 is 1.56 bits per heavy atom. The van der Waals surface area contributed by atoms with Crippen molar-refractivity contribution < 1.29 is 5.11 Å². The van der Waals surface area contributed by atoms with Crippen LogP contribution in [0.4, 0.5) is 11.6 Å². The van der Waals surface area contributed by atoms with Gasteiger partial charge in [0.1, 0.15) is 17.5 Å². The number of hydrogen-bond donors (Lipinski definition) is 2. The van der Waals surface area contributed by atoms with Gasteiger partial charge in [-0.1, -0.05) is 0 Å². The number of hydrogen-bond acceptors (Lipinski definition) is 5. The summed E-state index contributed by atoms with van der Waals surface area (Å²) in [4.78, 5) is 10.7. The quantitative estimate of drug-likeness (QED) is 0.782. The average molecular weight is 222 g/mol. The van der Waals surface area contributed by atoms with E-state index in [-0.39, 0.29) is 6.61 Å². The molecule has 0 amide bonds. The minimum Gasteiger partial charge on any atom is -0.396 e. The van der Waals surface area contributed by atoms with E-state index in [2.05, 4.69) is 14.9 Å². The Bertz CT molecular complexity index is 349. The highest BCUT2D eigenvalue weighted by atomic mass is 16.3. The SMILES string of the molecule is Cc1nc(N)cc(N2CCC(CCO)C2)n1. The van der Waals surface area contributed by atoms with Crippen LogP contribution in [0, 0.1) is 12.8 Å². The predicted molar refractivity (Wildman–Crippen MR) is 63.2 cm³/mol. The van der Waals surface area contributed by atoms with E-state index in [0.717, 1.165) is 31.7 Å². The third kappa shape index (κ3) is 2.41. The van der Waals surface area contributed by atoms with Gasteiger partial charge < -0.3 is 15.7 Å². The van der Waals surface area contributed by atoms with Crippen LogP contribution in [-0.2, 0) is 0 Å². The second-order valence-corrected chi connectivity index (χ2v) is 4.31. The van der Waals surface area contributed by atoms with Gasteiger partial charge >= 0.3 is 0 Å². The molecule has 1 aromatic rings. The van der Waals surface area contributed by atoms with Crippen molar-refractivity contribution in [1.29, 1.82) is 0 Å². The van der Waals surface area contributed by atoms with Gasteiger partial charge in [0.25, 0.3) is 0 Å². The number of nitrogens with two attached hydrogens (primary N) is 1. The fourth-order valence-corrected chi connectivity index (χ4v) is 2.20. The first-order valence-electron chi connectivity index (χ1n) is 5.66. The summed E-state index contributed by atoms with van der Waals surface area (Å²) < 4.78 is 0. The van der Waals surface area contributed by atoms with Crippen molar-refractivity contribution in [2.24, 2.45) is 5.92 Å². The van der Waals surface area contributed by atoms with E-state index in [4.69, 9.17) is 10.8 Å². The van der Waals surface area contributed by atoms with Crippen LogP contribution < -0.4 is 10.6 Å². The molecule has 0 aromatic carbocycles. The Balaban J connectivity index is 2.08. The molecule has 1 unspecified atom stereocenters. The van der Waals surface area contributed by atoms with E-state index >= 15 is 0 Å². The van der Waals surface area contributed by atoms with Crippen LogP contribution in [0.15, 0.2) is 6.07 Å². The topological polar surface area (TPSA) is 75.3 Å². The standard InChI is InChI=1S/C11H18N4O/c1-8-13-10(12)6-11(14-8)15-4-2-9(7-15)3-5-16/h6,9,16H,2-5,7H2,1H3,(H2,12,13,14). The molecule has 16 heavy (non-hydrogen) atoms. The molecule has 1 atom stereocenters. The van der Waals surface area contributed by atoms with Crippen LogP contribution in [0.25, 0.3) is 0 Å². The van der Waals surface area contributed by atoms with Crippen molar-refractivity contribution >= 4 is 11.6 Å². The number of aromatic nitrogens is 2. The van der Waals surface area contributed by atoms with Crippen molar-refractivity contribution in [3.8, 4) is 0 Å². The molecule has 1 aromatic heterocycles. The van der Waals surface area contributed by atoms with Gasteiger partial charge in [-0.2, -0.15) is 0 Å². The van der Waals surface area contributed by atoms with Crippen LogP contribution in [0.1, 0.15) is 18.7 Å². The molecular formula is C11H18N4O. The second kappa shape index (κ2) is 4.65. The third-order valence-corrected chi connectivity index (χ3v) is 2.99. The fourth-order valence-electron chi connectivity index (χ4n) is 2.20. The maximum Gasteiger partial charge on any atom is 0.134 e. The molecule has 1 aliphatic rings. The van der Waals surface area contributed by atoms with Gasteiger partial charge in [-0.3, -0.25) is 0 Å². The Hall–Kier alpha value is -1.36. The lowest BCUT2D eigenvalue weighted by atomic mass is 10.1. The van der Waals surface area contributed by atoms with Gasteiger partial charge in [0.05, 0.1) is 0 Å². The molecule has 0 spiro atoms. The molecule has 0 radical (unpaired) electrons. The second-order valence-electron chi connectivity index (χ2n) is 4.31. The summed E-state index contributed by atoms with van der Waals surface area (Å²) >= 11 is 0. The molecule has 0 bridgehead atoms. The number of nitrogen functional groups attached to an aromatic ring is 1. The minimum absolute atomic E-state index is 0.267. The molecule has 0 aliphatic carbocycles. The summed E-state index contributed by atoms with van der Waals surface area (Å²) in [6.07, 6.45) is 1.99. The lowest BCUT2D eigenvalue weighted by Crippen LogP contribution is -2.21. The highest BCUT2D eigenvalue weighted by molar-refractivity contribution is 5.47. The van der Waals surface area contributed by atoms with Gasteiger partial charge in [0.2, 0.25) is 0 Å². The van der Waals surface area contributed by atoms with E-state index in [0.29, 0.717) is 17.6 Å². The van der Waals surface area contributed by atoms with Crippen molar-refractivity contribution in [2.75, 3.05) is 30.3 Å². The van der Waals surface area contributed by atoms with Crippen LogP contribution in [0.3, 0.4) is 0 Å². The average Bonchev–Trinajstić information content (AvgIpc) is 2.65. The summed E-state index contributed by atoms with van der Waals surface area (Å²) in [7, 11) is 0. The van der Waals surface area contributed by atoms with Crippen molar-refractivity contribution in [3.05, 3.63) is 11.9 Å². The molecule has 1 aliphatic heterocycles. The zero-order valence-electron chi connectivity index (χ0n) is 9.56. The molecular weight excluding hydrogens is 204 g/mol. The zero-order valence-corrected chi connectivity index (χ0v) is 9.56. The number of rotatable bonds is 3. The number of aliphatic hydroxyl groups excluding tert-OH is 1. The van der Waals surface area contributed by atoms with Gasteiger partial charge in [0, 0.05) is 25.8 Å². The maximum absolute atomic E-state index is 8.91. The zero-order chi connectivity index (χ0) is 11.5. The molecule has 2 heterocycles. The third-order valence-electron chi connectivity index (χ3n) is 2.99. The molecule has 5 heteroatoms. The van der Waals surface area contributed by atoms with Gasteiger partial charge in [-0.25, -0.2) is 9.97 Å². The Labute approximate surface area is 95.3 Å². The van der Waals surface area contributed by atoms with E-state index in [1.165, 1.54) is 0 Å². The molecule has 0 saturated carbocycles. The normalized spacial score (nSPS) is 20.4. The molecule has 3 N–H and O–H groups in total. The van der Waals surface area contributed by atoms with Crippen LogP contribution >= 0.6 is 0 Å². The summed E-state index contributed by atoms with van der Waals surface area (Å²) in [5, 5.41) is 8.91. The molecule has 2 rings (SSSR count). The fraction of sp³-hybridized carbons (Fsp3) is 0.636. The smallest absolute Gasteiger partial charge is 0.134 e. The molecule has 5 nitrogen and oxygen atoms in total. The minimum atomic E-state index is 0.267. The van der Waals surface area contributed by atoms with Crippen molar-refractivity contribution in [3.63, 3.8) is 0 Å². The first kappa shape index (κ1) is 11.1. The van der Waals surface area contributed by atoms with E-state index in [1.54, 1.807) is 0 Å². The predicted octanol–water partition coefficient (Wildman–Crippen LogP) is 0.576. The summed E-state index contributed by atoms with van der Waals surface area (Å²) in [5.41, 5.74) is 5.70. The lowest BCUT2D eigenvalue weighted by molar-refractivity contribution is 0.263. The highest BCUT2D eigenvalue weighted by Crippen LogP contribution is 2.24. The highest BCUT2D eigenvalue weighted by Gasteiger charge is 2.23. The van der Waals surface area contributed by atoms with Gasteiger partial charge in [-0.15, -0.1) is 0 Å². The van der Waals surface area contributed by atoms with Gasteiger partial charge in [-0.05, 0) is 25.7 Å². The Kier molecular flexibility index (Phi) is 3.24. The Morgan fingerprint density at radius 3 is 3.06 bits per heavy atom. The first-order valence-corrected chi connectivity index (χ1v) is 5.66. The summed E-state index contributed by atoms with van der Waals surface area (Å²) in [6.45, 7) is 4.06. The van der Waals surface area contributed by atoms with Crippen LogP contribution in [-0.4, -0.2) is 34.8 Å². The number of nitrogens with zero attached hydrogens (tertiary/aromatic N) is 3. The number of anilines is 2. The summed E-state index contributed by atoms with van der Waals surface area (Å²) in [5.74, 6) is 2.71. The number of aliphatic hydroxyl groups is 1. The molecule has 1 saturated heterocycles.